The molecule has 0 bridgehead atoms. The van der Waals surface area contributed by atoms with Gasteiger partial charge >= 0.3 is 0 Å². The first-order valence-electron chi connectivity index (χ1n) is 3.96. The molecule has 4 heteroatoms. The summed E-state index contributed by atoms with van der Waals surface area (Å²) in [7, 11) is 0. The van der Waals surface area contributed by atoms with E-state index in [1.807, 2.05) is 18.2 Å². The van der Waals surface area contributed by atoms with Crippen LogP contribution in [0.1, 0.15) is 18.0 Å². The van der Waals surface area contributed by atoms with Crippen LogP contribution in [0, 0.1) is 0 Å². The second kappa shape index (κ2) is 6.46. The van der Waals surface area contributed by atoms with Gasteiger partial charge in [0.15, 0.2) is 0 Å². The molecule has 1 aromatic rings. The first-order chi connectivity index (χ1) is 6.15. The topological polar surface area (TPSA) is 26.0 Å². The largest absolute Gasteiger partial charge is 0.324 e. The lowest BCUT2D eigenvalue weighted by atomic mass is 10.1. The average Bonchev–Trinajstić information content (AvgIpc) is 2.04. The molecule has 0 spiro atoms. The maximum atomic E-state index is 6.02. The van der Waals surface area contributed by atoms with Gasteiger partial charge in [-0.05, 0) is 24.1 Å². The summed E-state index contributed by atoms with van der Waals surface area (Å²) >= 11 is 9.35. The molecule has 0 aliphatic carbocycles. The lowest BCUT2D eigenvalue weighted by Crippen LogP contribution is -2.09. The van der Waals surface area contributed by atoms with Crippen molar-refractivity contribution in [1.29, 1.82) is 0 Å². The second-order valence-electron chi connectivity index (χ2n) is 2.80. The van der Waals surface area contributed by atoms with Gasteiger partial charge in [0, 0.05) is 15.5 Å². The molecule has 0 saturated heterocycles. The molecule has 0 amide bonds. The molecular weight excluding hydrogens is 285 g/mol. The van der Waals surface area contributed by atoms with Crippen LogP contribution in [0.3, 0.4) is 0 Å². The Labute approximate surface area is 104 Å². The maximum absolute atomic E-state index is 6.02. The van der Waals surface area contributed by atoms with Gasteiger partial charge in [-0.3, -0.25) is 0 Å². The predicted octanol–water partition coefficient (Wildman–Crippen LogP) is 4.10. The third kappa shape index (κ3) is 3.62. The van der Waals surface area contributed by atoms with E-state index in [0.717, 1.165) is 16.5 Å². The number of rotatable bonds is 3. The lowest BCUT2D eigenvalue weighted by Gasteiger charge is -2.11. The van der Waals surface area contributed by atoms with Crippen molar-refractivity contribution in [3.8, 4) is 0 Å². The number of halogens is 3. The van der Waals surface area contributed by atoms with Crippen LogP contribution >= 0.6 is 39.9 Å². The summed E-state index contributed by atoms with van der Waals surface area (Å²) in [4.78, 5) is 0. The van der Waals surface area contributed by atoms with E-state index in [9.17, 15) is 0 Å². The summed E-state index contributed by atoms with van der Waals surface area (Å²) < 4.78 is 0.965. The Morgan fingerprint density at radius 3 is 2.71 bits per heavy atom. The quantitative estimate of drug-likeness (QED) is 0.835. The Hall–Kier alpha value is -0.0200. The smallest absolute Gasteiger partial charge is 0.0465 e. The van der Waals surface area contributed by atoms with E-state index in [1.165, 1.54) is 0 Å². The van der Waals surface area contributed by atoms with Crippen LogP contribution in [0.15, 0.2) is 35.3 Å². The molecule has 1 nitrogen and oxygen atoms in total. The van der Waals surface area contributed by atoms with Gasteiger partial charge in [0.1, 0.15) is 0 Å². The molecule has 0 heterocycles. The Bertz CT molecular complexity index is 315. The molecule has 78 valence electrons. The number of hydrogen-bond acceptors (Lipinski definition) is 1. The van der Waals surface area contributed by atoms with Crippen molar-refractivity contribution in [2.75, 3.05) is 0 Å². The lowest BCUT2D eigenvalue weighted by molar-refractivity contribution is 0.742. The predicted molar refractivity (Wildman–Crippen MR) is 68.1 cm³/mol. The third-order valence-electron chi connectivity index (χ3n) is 1.78. The normalized spacial score (nSPS) is 11.6. The zero-order valence-corrected chi connectivity index (χ0v) is 10.7. The van der Waals surface area contributed by atoms with Crippen LogP contribution in [-0.2, 0) is 0 Å². The van der Waals surface area contributed by atoms with Crippen LogP contribution in [0.2, 0.25) is 5.02 Å². The van der Waals surface area contributed by atoms with Crippen LogP contribution < -0.4 is 5.73 Å². The first kappa shape index (κ1) is 14.0. The highest BCUT2D eigenvalue weighted by Gasteiger charge is 2.08. The van der Waals surface area contributed by atoms with Gasteiger partial charge in [0.2, 0.25) is 0 Å². The van der Waals surface area contributed by atoms with Crippen LogP contribution in [0.5, 0.6) is 0 Å². The summed E-state index contributed by atoms with van der Waals surface area (Å²) in [6, 6.07) is 5.66. The monoisotopic (exact) mass is 295 g/mol. The molecule has 1 rings (SSSR count). The molecular formula is C10H12BrCl2N. The molecule has 0 aromatic heterocycles. The Morgan fingerprint density at radius 1 is 1.57 bits per heavy atom. The summed E-state index contributed by atoms with van der Waals surface area (Å²) in [5.41, 5.74) is 6.85. The van der Waals surface area contributed by atoms with Gasteiger partial charge in [0.05, 0.1) is 0 Å². The molecule has 0 aliphatic heterocycles. The second-order valence-corrected chi connectivity index (χ2v) is 4.12. The summed E-state index contributed by atoms with van der Waals surface area (Å²) in [6.45, 7) is 3.64. The summed E-state index contributed by atoms with van der Waals surface area (Å²) in [5, 5.41) is 0.698. The fourth-order valence-electron chi connectivity index (χ4n) is 1.11. The van der Waals surface area contributed by atoms with Crippen LogP contribution in [0.25, 0.3) is 0 Å². The van der Waals surface area contributed by atoms with Gasteiger partial charge < -0.3 is 5.73 Å². The van der Waals surface area contributed by atoms with Crippen molar-refractivity contribution in [2.24, 2.45) is 5.73 Å². The van der Waals surface area contributed by atoms with E-state index in [2.05, 4.69) is 22.5 Å². The highest BCUT2D eigenvalue weighted by atomic mass is 79.9. The van der Waals surface area contributed by atoms with Crippen molar-refractivity contribution >= 4 is 39.9 Å². The summed E-state index contributed by atoms with van der Waals surface area (Å²) in [6.07, 6.45) is 2.53. The SMILES string of the molecule is C=CC[C@@H](N)c1ccc(Br)cc1Cl.Cl. The highest BCUT2D eigenvalue weighted by Crippen LogP contribution is 2.26. The molecule has 2 N–H and O–H groups in total. The highest BCUT2D eigenvalue weighted by molar-refractivity contribution is 9.10. The van der Waals surface area contributed by atoms with E-state index >= 15 is 0 Å². The van der Waals surface area contributed by atoms with Crippen molar-refractivity contribution in [2.45, 2.75) is 12.5 Å². The Kier molecular flexibility index (Phi) is 6.45. The summed E-state index contributed by atoms with van der Waals surface area (Å²) in [5.74, 6) is 0. The molecule has 0 fully saturated rings. The van der Waals surface area contributed by atoms with Gasteiger partial charge in [-0.25, -0.2) is 0 Å². The van der Waals surface area contributed by atoms with Crippen LogP contribution in [0.4, 0.5) is 0 Å². The average molecular weight is 297 g/mol. The minimum atomic E-state index is -0.0573. The van der Waals surface area contributed by atoms with Gasteiger partial charge in [0.25, 0.3) is 0 Å². The van der Waals surface area contributed by atoms with Gasteiger partial charge in [-0.2, -0.15) is 0 Å². The van der Waals surface area contributed by atoms with E-state index in [-0.39, 0.29) is 18.4 Å². The van der Waals surface area contributed by atoms with Crippen molar-refractivity contribution in [3.63, 3.8) is 0 Å². The van der Waals surface area contributed by atoms with Gasteiger partial charge in [-0.15, -0.1) is 19.0 Å². The van der Waals surface area contributed by atoms with Crippen LogP contribution in [-0.4, -0.2) is 0 Å². The Balaban J connectivity index is 0.00000169. The minimum Gasteiger partial charge on any atom is -0.324 e. The van der Waals surface area contributed by atoms with E-state index in [1.54, 1.807) is 6.08 Å². The molecule has 0 aliphatic rings. The third-order valence-corrected chi connectivity index (χ3v) is 2.60. The standard InChI is InChI=1S/C10H11BrClN.ClH/c1-2-3-10(13)8-5-4-7(11)6-9(8)12;/h2,4-6,10H,1,3,13H2;1H/t10-;/m1./s1. The fourth-order valence-corrected chi connectivity index (χ4v) is 1.92. The minimum absolute atomic E-state index is 0. The van der Waals surface area contributed by atoms with E-state index in [0.29, 0.717) is 5.02 Å². The van der Waals surface area contributed by atoms with Gasteiger partial charge in [-0.1, -0.05) is 39.7 Å². The molecule has 14 heavy (non-hydrogen) atoms. The van der Waals surface area contributed by atoms with Crippen molar-refractivity contribution in [3.05, 3.63) is 45.9 Å². The van der Waals surface area contributed by atoms with E-state index in [4.69, 9.17) is 17.3 Å². The first-order valence-corrected chi connectivity index (χ1v) is 5.13. The molecule has 0 unspecified atom stereocenters. The Morgan fingerprint density at radius 2 is 2.21 bits per heavy atom. The van der Waals surface area contributed by atoms with E-state index < -0.39 is 0 Å². The fraction of sp³-hybridized carbons (Fsp3) is 0.200. The van der Waals surface area contributed by atoms with Crippen molar-refractivity contribution in [1.82, 2.24) is 0 Å². The zero-order valence-electron chi connectivity index (χ0n) is 7.54. The number of hydrogen-bond donors (Lipinski definition) is 1. The maximum Gasteiger partial charge on any atom is 0.0465 e. The molecule has 1 aromatic carbocycles. The number of benzene rings is 1. The zero-order chi connectivity index (χ0) is 9.84. The molecule has 0 radical (unpaired) electrons. The number of nitrogens with two attached hydrogens (primary N) is 1. The molecule has 0 saturated carbocycles. The van der Waals surface area contributed by atoms with Crippen molar-refractivity contribution < 1.29 is 0 Å². The molecule has 1 atom stereocenters.